The highest BCUT2D eigenvalue weighted by Gasteiger charge is 2.47. The topological polar surface area (TPSA) is 82.7 Å². The molecule has 3 aromatic rings. The monoisotopic (exact) mass is 465 g/mol. The second-order valence-corrected chi connectivity index (χ2v) is 11.4. The number of carbonyl (C=O) groups excluding carboxylic acids is 1. The molecule has 1 spiro atoms. The fourth-order valence-corrected chi connectivity index (χ4v) is 6.53. The van der Waals surface area contributed by atoms with E-state index < -0.39 is 15.6 Å². The maximum Gasteiger partial charge on any atom is 0.248 e. The summed E-state index contributed by atoms with van der Waals surface area (Å²) in [6, 6.07) is 15.7. The summed E-state index contributed by atoms with van der Waals surface area (Å²) in [6.07, 6.45) is 5.26. The van der Waals surface area contributed by atoms with Crippen LogP contribution in [0.1, 0.15) is 25.7 Å². The fourth-order valence-electron chi connectivity index (χ4n) is 5.09. The van der Waals surface area contributed by atoms with Crippen molar-refractivity contribution in [2.75, 3.05) is 26.2 Å². The van der Waals surface area contributed by atoms with Gasteiger partial charge >= 0.3 is 0 Å². The van der Waals surface area contributed by atoms with Gasteiger partial charge in [-0.3, -0.25) is 4.79 Å². The molecule has 1 aromatic heterocycles. The Balaban J connectivity index is 1.16. The van der Waals surface area contributed by atoms with Gasteiger partial charge in [0, 0.05) is 30.8 Å². The van der Waals surface area contributed by atoms with Crippen molar-refractivity contribution in [2.45, 2.75) is 42.2 Å². The fraction of sp³-hybridized carbons (Fsp3) is 0.400. The van der Waals surface area contributed by atoms with Crippen molar-refractivity contribution >= 4 is 26.8 Å². The first-order chi connectivity index (χ1) is 15.9. The van der Waals surface area contributed by atoms with Crippen LogP contribution in [0, 0.1) is 0 Å². The van der Waals surface area contributed by atoms with Gasteiger partial charge < -0.3 is 14.6 Å². The molecule has 3 heterocycles. The van der Waals surface area contributed by atoms with E-state index in [0.717, 1.165) is 34.9 Å². The highest BCUT2D eigenvalue weighted by atomic mass is 32.2. The average Bonchev–Trinajstić information content (AvgIpc) is 3.57. The predicted molar refractivity (Wildman–Crippen MR) is 125 cm³/mol. The summed E-state index contributed by atoms with van der Waals surface area (Å²) in [4.78, 5) is 17.7. The third-order valence-corrected chi connectivity index (χ3v) is 9.20. The summed E-state index contributed by atoms with van der Waals surface area (Å²) in [6.45, 7) is 1.50. The highest BCUT2D eigenvalue weighted by molar-refractivity contribution is 7.89. The molecule has 0 atom stereocenters. The number of amides is 1. The van der Waals surface area contributed by atoms with E-state index in [2.05, 4.69) is 17.1 Å². The molecule has 0 unspecified atom stereocenters. The van der Waals surface area contributed by atoms with Gasteiger partial charge in [0.1, 0.15) is 6.61 Å². The highest BCUT2D eigenvalue weighted by Crippen LogP contribution is 2.37. The summed E-state index contributed by atoms with van der Waals surface area (Å²) >= 11 is 0. The average molecular weight is 466 g/mol. The molecule has 3 fully saturated rings. The van der Waals surface area contributed by atoms with Crippen LogP contribution in [0.25, 0.3) is 22.0 Å². The normalized spacial score (nSPS) is 21.7. The van der Waals surface area contributed by atoms with Gasteiger partial charge in [0.15, 0.2) is 0 Å². The van der Waals surface area contributed by atoms with E-state index in [1.165, 1.54) is 0 Å². The number of ether oxygens (including phenoxy) is 1. The van der Waals surface area contributed by atoms with Crippen molar-refractivity contribution in [3.63, 3.8) is 0 Å². The van der Waals surface area contributed by atoms with Crippen LogP contribution in [0.2, 0.25) is 0 Å². The molecule has 1 N–H and O–H groups in total. The molecule has 1 saturated carbocycles. The Morgan fingerprint density at radius 2 is 1.70 bits per heavy atom. The van der Waals surface area contributed by atoms with Gasteiger partial charge in [0.2, 0.25) is 15.9 Å². The van der Waals surface area contributed by atoms with Crippen molar-refractivity contribution in [1.29, 1.82) is 0 Å². The van der Waals surface area contributed by atoms with Gasteiger partial charge in [-0.25, -0.2) is 8.42 Å². The minimum Gasteiger partial charge on any atom is -0.363 e. The van der Waals surface area contributed by atoms with E-state index >= 15 is 0 Å². The first-order valence-corrected chi connectivity index (χ1v) is 13.0. The lowest BCUT2D eigenvalue weighted by Crippen LogP contribution is -2.59. The van der Waals surface area contributed by atoms with E-state index in [-0.39, 0.29) is 12.5 Å². The molecular formula is C25H27N3O4S. The Bertz CT molecular complexity index is 1300. The molecule has 1 aliphatic carbocycles. The van der Waals surface area contributed by atoms with Crippen molar-refractivity contribution in [3.05, 3.63) is 54.7 Å². The van der Waals surface area contributed by atoms with Crippen LogP contribution in [0.3, 0.4) is 0 Å². The molecule has 0 radical (unpaired) electrons. The van der Waals surface area contributed by atoms with Crippen LogP contribution in [0.4, 0.5) is 0 Å². The van der Waals surface area contributed by atoms with Gasteiger partial charge in [0.05, 0.1) is 17.0 Å². The van der Waals surface area contributed by atoms with E-state index in [1.807, 2.05) is 35.4 Å². The molecule has 172 valence electrons. The number of hydrogen-bond acceptors (Lipinski definition) is 4. The van der Waals surface area contributed by atoms with Gasteiger partial charge in [-0.1, -0.05) is 24.3 Å². The Hall–Kier alpha value is -2.68. The smallest absolute Gasteiger partial charge is 0.248 e. The Morgan fingerprint density at radius 1 is 0.970 bits per heavy atom. The number of rotatable bonds is 4. The maximum atomic E-state index is 13.3. The number of nitrogens with zero attached hydrogens (tertiary/aromatic N) is 2. The lowest BCUT2D eigenvalue weighted by molar-refractivity contribution is -0.170. The van der Waals surface area contributed by atoms with Crippen LogP contribution < -0.4 is 0 Å². The lowest BCUT2D eigenvalue weighted by atomic mass is 9.90. The maximum absolute atomic E-state index is 13.3. The minimum atomic E-state index is -3.58. The van der Waals surface area contributed by atoms with E-state index in [1.54, 1.807) is 16.4 Å². The molecule has 3 aliphatic rings. The molecule has 33 heavy (non-hydrogen) atoms. The van der Waals surface area contributed by atoms with Crippen molar-refractivity contribution < 1.29 is 17.9 Å². The first-order valence-electron chi connectivity index (χ1n) is 11.5. The molecular weight excluding hydrogens is 438 g/mol. The number of fused-ring (bicyclic) bond motifs is 1. The summed E-state index contributed by atoms with van der Waals surface area (Å²) in [5, 5.41) is 1.15. The molecule has 0 bridgehead atoms. The summed E-state index contributed by atoms with van der Waals surface area (Å²) < 4.78 is 34.1. The van der Waals surface area contributed by atoms with Gasteiger partial charge in [-0.2, -0.15) is 4.31 Å². The zero-order valence-electron chi connectivity index (χ0n) is 18.4. The number of benzene rings is 2. The number of nitrogens with one attached hydrogen (secondary N) is 1. The number of H-pyrrole nitrogens is 1. The van der Waals surface area contributed by atoms with E-state index in [9.17, 15) is 13.2 Å². The zero-order chi connectivity index (χ0) is 22.6. The van der Waals surface area contributed by atoms with Crippen molar-refractivity contribution in [3.8, 4) is 11.1 Å². The predicted octanol–water partition coefficient (Wildman–Crippen LogP) is 3.38. The molecule has 7 nitrogen and oxygen atoms in total. The summed E-state index contributed by atoms with van der Waals surface area (Å²) in [7, 11) is -3.58. The Morgan fingerprint density at radius 3 is 2.42 bits per heavy atom. The van der Waals surface area contributed by atoms with Crippen LogP contribution >= 0.6 is 0 Å². The van der Waals surface area contributed by atoms with Gasteiger partial charge in [-0.05, 0) is 66.5 Å². The van der Waals surface area contributed by atoms with Gasteiger partial charge in [0.25, 0.3) is 0 Å². The van der Waals surface area contributed by atoms with Crippen LogP contribution in [0.5, 0.6) is 0 Å². The van der Waals surface area contributed by atoms with E-state index in [4.69, 9.17) is 4.74 Å². The number of piperidine rings is 1. The number of carbonyl (C=O) groups is 1. The zero-order valence-corrected chi connectivity index (χ0v) is 19.2. The first kappa shape index (κ1) is 20.9. The summed E-state index contributed by atoms with van der Waals surface area (Å²) in [5.74, 6) is 0.0636. The second-order valence-electron chi connectivity index (χ2n) is 9.43. The standard InChI is InChI=1S/C25H27N3O4S/c29-24-16-32-25(17-28(24)21-5-6-21)10-13-27(14-11-25)33(30,31)22-7-3-18(4-8-22)20-2-1-19-9-12-26-23(19)15-20/h1-4,7-9,12,15,21,26H,5-6,10-11,13-14,16-17H2. The number of aromatic nitrogens is 1. The molecule has 2 aromatic carbocycles. The lowest BCUT2D eigenvalue weighted by Gasteiger charge is -2.46. The van der Waals surface area contributed by atoms with E-state index in [0.29, 0.717) is 43.4 Å². The molecule has 2 aliphatic heterocycles. The van der Waals surface area contributed by atoms with Crippen molar-refractivity contribution in [1.82, 2.24) is 14.2 Å². The van der Waals surface area contributed by atoms with Crippen LogP contribution in [0.15, 0.2) is 59.6 Å². The SMILES string of the molecule is O=C1COC2(CCN(S(=O)(=O)c3ccc(-c4ccc5cc[nH]c5c4)cc3)CC2)CN1C1CC1. The third kappa shape index (κ3) is 3.76. The number of aromatic amines is 1. The van der Waals surface area contributed by atoms with Crippen molar-refractivity contribution in [2.24, 2.45) is 0 Å². The number of hydrogen-bond donors (Lipinski definition) is 1. The van der Waals surface area contributed by atoms with Crippen LogP contribution in [-0.2, 0) is 19.6 Å². The molecule has 2 saturated heterocycles. The number of morpholine rings is 1. The largest absolute Gasteiger partial charge is 0.363 e. The summed E-state index contributed by atoms with van der Waals surface area (Å²) in [5.41, 5.74) is 2.66. The quantitative estimate of drug-likeness (QED) is 0.640. The second kappa shape index (κ2) is 7.68. The molecule has 8 heteroatoms. The van der Waals surface area contributed by atoms with Crippen LogP contribution in [-0.4, -0.2) is 66.4 Å². The minimum absolute atomic E-state index is 0.0636. The Labute approximate surface area is 193 Å². The molecule has 1 amide bonds. The van der Waals surface area contributed by atoms with Gasteiger partial charge in [-0.15, -0.1) is 0 Å². The molecule has 6 rings (SSSR count). The number of sulfonamides is 1. The Kier molecular flexibility index (Phi) is 4.87. The third-order valence-electron chi connectivity index (χ3n) is 7.28.